The highest BCUT2D eigenvalue weighted by atomic mass is 79.9. The molecule has 1 N–H and O–H groups in total. The summed E-state index contributed by atoms with van der Waals surface area (Å²) in [4.78, 5) is 49.2. The van der Waals surface area contributed by atoms with Gasteiger partial charge in [-0.2, -0.15) is 0 Å². The molecule has 0 aromatic heterocycles. The van der Waals surface area contributed by atoms with E-state index in [2.05, 4.69) is 29.1 Å². The maximum absolute atomic E-state index is 14.9. The number of aliphatic hydroxyl groups excluding tert-OH is 1. The van der Waals surface area contributed by atoms with Gasteiger partial charge in [-0.05, 0) is 48.6 Å². The molecule has 3 aliphatic rings. The van der Waals surface area contributed by atoms with Gasteiger partial charge in [0.25, 0.3) is 5.91 Å². The maximum atomic E-state index is 14.9. The summed E-state index contributed by atoms with van der Waals surface area (Å²) in [6.45, 7) is 12.5. The first kappa shape index (κ1) is 33.8. The fourth-order valence-electron chi connectivity index (χ4n) is 7.47. The number of halogens is 2. The molecule has 3 heterocycles. The Morgan fingerprint density at radius 2 is 1.78 bits per heavy atom. The molecule has 2 aromatic carbocycles. The second kappa shape index (κ2) is 14.0. The van der Waals surface area contributed by atoms with Crippen molar-refractivity contribution < 1.29 is 19.5 Å². The number of hydrogen-bond donors (Lipinski definition) is 1. The topological polar surface area (TPSA) is 81.2 Å². The molecule has 1 spiro atoms. The van der Waals surface area contributed by atoms with Crippen molar-refractivity contribution >= 4 is 62.7 Å². The number of alkyl halides is 1. The number of likely N-dealkylation sites (tertiary alicyclic amines) is 1. The summed E-state index contributed by atoms with van der Waals surface area (Å²) >= 11 is 11.7. The van der Waals surface area contributed by atoms with Crippen LogP contribution in [0.2, 0.25) is 5.02 Å². The molecular weight excluding hydrogens is 674 g/mol. The van der Waals surface area contributed by atoms with Crippen molar-refractivity contribution in [2.45, 2.75) is 60.1 Å². The van der Waals surface area contributed by atoms with Crippen molar-refractivity contribution in [3.8, 4) is 0 Å². The van der Waals surface area contributed by atoms with E-state index in [1.54, 1.807) is 62.9 Å². The van der Waals surface area contributed by atoms with Crippen LogP contribution in [0, 0.1) is 17.8 Å². The zero-order chi connectivity index (χ0) is 32.5. The summed E-state index contributed by atoms with van der Waals surface area (Å²) in [6, 6.07) is 15.4. The Balaban J connectivity index is 1.60. The molecule has 2 bridgehead atoms. The molecular formula is C35H41BrClN3O4S. The molecule has 3 fully saturated rings. The van der Waals surface area contributed by atoms with Gasteiger partial charge in [0.15, 0.2) is 0 Å². The third-order valence-electron chi connectivity index (χ3n) is 9.19. The van der Waals surface area contributed by atoms with Gasteiger partial charge >= 0.3 is 0 Å². The minimum Gasteiger partial charge on any atom is -0.394 e. The van der Waals surface area contributed by atoms with Crippen molar-refractivity contribution in [1.29, 1.82) is 0 Å². The quantitative estimate of drug-likeness (QED) is 0.205. The average Bonchev–Trinajstić information content (AvgIpc) is 3.62. The fraction of sp³-hybridized carbons (Fsp3) is 0.457. The summed E-state index contributed by atoms with van der Waals surface area (Å²) in [7, 11) is 0. The van der Waals surface area contributed by atoms with E-state index in [1.807, 2.05) is 44.2 Å². The number of carbonyl (C=O) groups excluding carboxylic acids is 3. The van der Waals surface area contributed by atoms with Crippen LogP contribution in [0.15, 0.2) is 79.9 Å². The minimum absolute atomic E-state index is 0.0703. The monoisotopic (exact) mass is 713 g/mol. The number of rotatable bonds is 13. The van der Waals surface area contributed by atoms with Gasteiger partial charge < -0.3 is 19.8 Å². The highest BCUT2D eigenvalue weighted by Gasteiger charge is 2.76. The van der Waals surface area contributed by atoms with E-state index in [0.29, 0.717) is 36.6 Å². The largest absolute Gasteiger partial charge is 0.394 e. The number of aliphatic hydroxyl groups is 1. The van der Waals surface area contributed by atoms with E-state index < -0.39 is 28.7 Å². The highest BCUT2D eigenvalue weighted by Crippen LogP contribution is 2.68. The third-order valence-corrected chi connectivity index (χ3v) is 12.7. The average molecular weight is 715 g/mol. The summed E-state index contributed by atoms with van der Waals surface area (Å²) in [5.41, 5.74) is 1.63. The summed E-state index contributed by atoms with van der Waals surface area (Å²) in [5.74, 6) is -1.76. The molecule has 7 atom stereocenters. The number of carbonyl (C=O) groups is 3. The SMILES string of the molecule is C=CCN(Cc1ccccc1)C(=O)[C@H]1[C@@H]2SC3(CC2Br)C(C(=O)N(CC=C)c2ccc(Cl)cc2)N([C@@H](CO)CC(C)C)C(=O)[C@H]13. The molecule has 10 heteroatoms. The zero-order valence-corrected chi connectivity index (χ0v) is 28.9. The van der Waals surface area contributed by atoms with Crippen LogP contribution in [0.5, 0.6) is 0 Å². The van der Waals surface area contributed by atoms with Crippen LogP contribution in [0.25, 0.3) is 0 Å². The van der Waals surface area contributed by atoms with Crippen LogP contribution in [0.1, 0.15) is 32.3 Å². The Morgan fingerprint density at radius 1 is 1.11 bits per heavy atom. The fourth-order valence-corrected chi connectivity index (χ4v) is 11.2. The van der Waals surface area contributed by atoms with E-state index in [0.717, 1.165) is 5.56 Å². The van der Waals surface area contributed by atoms with Crippen molar-refractivity contribution in [2.24, 2.45) is 17.8 Å². The Hall–Kier alpha value is -2.59. The molecule has 5 rings (SSSR count). The maximum Gasteiger partial charge on any atom is 0.251 e. The summed E-state index contributed by atoms with van der Waals surface area (Å²) < 4.78 is -0.851. The molecule has 3 amide bonds. The number of benzene rings is 2. The zero-order valence-electron chi connectivity index (χ0n) is 25.7. The van der Waals surface area contributed by atoms with Crippen molar-refractivity contribution in [2.75, 3.05) is 24.6 Å². The number of thioether (sulfide) groups is 1. The van der Waals surface area contributed by atoms with Crippen LogP contribution in [0.4, 0.5) is 5.69 Å². The van der Waals surface area contributed by atoms with Gasteiger partial charge in [-0.25, -0.2) is 0 Å². The van der Waals surface area contributed by atoms with Crippen LogP contribution in [0.3, 0.4) is 0 Å². The Bertz CT molecular complexity index is 1430. The van der Waals surface area contributed by atoms with Crippen LogP contribution < -0.4 is 4.90 Å². The molecule has 7 nitrogen and oxygen atoms in total. The number of fused-ring (bicyclic) bond motifs is 1. The second-order valence-corrected chi connectivity index (χ2v) is 15.7. The van der Waals surface area contributed by atoms with Crippen LogP contribution in [-0.2, 0) is 20.9 Å². The van der Waals surface area contributed by atoms with Crippen molar-refractivity contribution in [3.63, 3.8) is 0 Å². The van der Waals surface area contributed by atoms with Gasteiger partial charge in [0.2, 0.25) is 11.8 Å². The molecule has 0 aliphatic carbocycles. The molecule has 3 aliphatic heterocycles. The van der Waals surface area contributed by atoms with Gasteiger partial charge in [-0.1, -0.05) is 83.9 Å². The van der Waals surface area contributed by atoms with Crippen molar-refractivity contribution in [3.05, 3.63) is 90.5 Å². The molecule has 45 heavy (non-hydrogen) atoms. The Morgan fingerprint density at radius 3 is 2.38 bits per heavy atom. The predicted octanol–water partition coefficient (Wildman–Crippen LogP) is 5.95. The van der Waals surface area contributed by atoms with Gasteiger partial charge in [0, 0.05) is 40.4 Å². The lowest BCUT2D eigenvalue weighted by molar-refractivity contribution is -0.145. The normalized spacial score (nSPS) is 27.4. The lowest BCUT2D eigenvalue weighted by atomic mass is 9.70. The van der Waals surface area contributed by atoms with Gasteiger partial charge in [0.05, 0.1) is 29.2 Å². The van der Waals surface area contributed by atoms with Gasteiger partial charge in [0.1, 0.15) is 6.04 Å². The lowest BCUT2D eigenvalue weighted by Crippen LogP contribution is -2.58. The smallest absolute Gasteiger partial charge is 0.251 e. The molecule has 3 unspecified atom stereocenters. The minimum atomic E-state index is -0.878. The van der Waals surface area contributed by atoms with Crippen LogP contribution in [-0.4, -0.2) is 79.2 Å². The standard InChI is InChI=1S/C35H41BrClN3O4S/c1-5-16-38(20-23-10-8-7-9-11-23)32(42)28-29-33(43)40(26(21-41)18-22(3)4)31(35(29)19-27(36)30(28)45-35)34(44)39(17-6-2)25-14-12-24(37)13-15-25/h5-15,22,26-31,41H,1-2,16-21H2,3-4H3/t26-,27?,28-,29+,30-,31?,35?/m1/s1. The first-order chi connectivity index (χ1) is 21.6. The summed E-state index contributed by atoms with van der Waals surface area (Å²) in [6.07, 6.45) is 4.45. The number of anilines is 1. The summed E-state index contributed by atoms with van der Waals surface area (Å²) in [5, 5.41) is 11.0. The molecule has 0 radical (unpaired) electrons. The van der Waals surface area contributed by atoms with Gasteiger partial charge in [-0.3, -0.25) is 14.4 Å². The van der Waals surface area contributed by atoms with E-state index in [1.165, 1.54) is 0 Å². The Kier molecular flexibility index (Phi) is 10.5. The van der Waals surface area contributed by atoms with Crippen molar-refractivity contribution in [1.82, 2.24) is 9.80 Å². The van der Waals surface area contributed by atoms with E-state index in [-0.39, 0.29) is 46.9 Å². The van der Waals surface area contributed by atoms with E-state index >= 15 is 0 Å². The molecule has 3 saturated heterocycles. The van der Waals surface area contributed by atoms with Gasteiger partial charge in [-0.15, -0.1) is 24.9 Å². The van der Waals surface area contributed by atoms with Crippen LogP contribution >= 0.6 is 39.3 Å². The van der Waals surface area contributed by atoms with E-state index in [4.69, 9.17) is 11.6 Å². The second-order valence-electron chi connectivity index (χ2n) is 12.6. The number of hydrogen-bond acceptors (Lipinski definition) is 5. The molecule has 240 valence electrons. The highest BCUT2D eigenvalue weighted by molar-refractivity contribution is 9.09. The van der Waals surface area contributed by atoms with E-state index in [9.17, 15) is 19.5 Å². The Labute approximate surface area is 283 Å². The first-order valence-corrected chi connectivity index (χ1v) is 17.6. The number of nitrogens with zero attached hydrogens (tertiary/aromatic N) is 3. The molecule has 2 aromatic rings. The first-order valence-electron chi connectivity index (χ1n) is 15.4. The third kappa shape index (κ3) is 6.25. The number of amides is 3. The predicted molar refractivity (Wildman–Crippen MR) is 185 cm³/mol. The lowest BCUT2D eigenvalue weighted by Gasteiger charge is -2.40. The molecule has 0 saturated carbocycles.